The summed E-state index contributed by atoms with van der Waals surface area (Å²) in [6.45, 7) is 0. The monoisotopic (exact) mass is 406 g/mol. The van der Waals surface area contributed by atoms with Crippen LogP contribution < -0.4 is 5.32 Å². The number of nitrogens with one attached hydrogen (secondary N) is 1. The summed E-state index contributed by atoms with van der Waals surface area (Å²) in [5.41, 5.74) is -1.24. The fraction of sp³-hybridized carbons (Fsp3) is 0.188. The second kappa shape index (κ2) is 7.26. The standard InChI is InChI=1S/C16H14ClF3N2O3S/c1-22(2)26(24,25)12-5-3-4-10(8-12)15(23)21-14-9-11(16(18,19)20)6-7-13(14)17/h3-9H,1-2H3,(H,21,23). The highest BCUT2D eigenvalue weighted by atomic mass is 35.5. The number of carbonyl (C=O) groups is 1. The summed E-state index contributed by atoms with van der Waals surface area (Å²) in [6, 6.07) is 7.66. The molecule has 0 aliphatic rings. The molecular weight excluding hydrogens is 393 g/mol. The van der Waals surface area contributed by atoms with E-state index in [1.165, 1.54) is 32.3 Å². The van der Waals surface area contributed by atoms with E-state index in [4.69, 9.17) is 11.6 Å². The first kappa shape index (κ1) is 20.2. The number of nitrogens with zero attached hydrogens (tertiary/aromatic N) is 1. The lowest BCUT2D eigenvalue weighted by Crippen LogP contribution is -2.22. The topological polar surface area (TPSA) is 66.5 Å². The van der Waals surface area contributed by atoms with Crippen molar-refractivity contribution in [1.29, 1.82) is 0 Å². The molecule has 10 heteroatoms. The number of carbonyl (C=O) groups excluding carboxylic acids is 1. The fourth-order valence-electron chi connectivity index (χ4n) is 2.00. The Kier molecular flexibility index (Phi) is 5.64. The van der Waals surface area contributed by atoms with Crippen LogP contribution in [0.1, 0.15) is 15.9 Å². The van der Waals surface area contributed by atoms with Gasteiger partial charge in [0.25, 0.3) is 5.91 Å². The number of hydrogen-bond acceptors (Lipinski definition) is 3. The molecule has 0 heterocycles. The van der Waals surface area contributed by atoms with Crippen LogP contribution in [0.3, 0.4) is 0 Å². The van der Waals surface area contributed by atoms with Crippen LogP contribution in [0.5, 0.6) is 0 Å². The number of anilines is 1. The number of sulfonamides is 1. The molecule has 0 spiro atoms. The number of alkyl halides is 3. The lowest BCUT2D eigenvalue weighted by atomic mass is 10.1. The van der Waals surface area contributed by atoms with Gasteiger partial charge in [0, 0.05) is 19.7 Å². The summed E-state index contributed by atoms with van der Waals surface area (Å²) in [5.74, 6) is -0.790. The van der Waals surface area contributed by atoms with Crippen LogP contribution in [0.15, 0.2) is 47.4 Å². The van der Waals surface area contributed by atoms with Gasteiger partial charge in [-0.15, -0.1) is 0 Å². The number of halogens is 4. The summed E-state index contributed by atoms with van der Waals surface area (Å²) in [4.78, 5) is 12.2. The highest BCUT2D eigenvalue weighted by Crippen LogP contribution is 2.34. The Bertz CT molecular complexity index is 944. The average Bonchev–Trinajstić information content (AvgIpc) is 2.55. The van der Waals surface area contributed by atoms with Crippen molar-refractivity contribution < 1.29 is 26.4 Å². The molecule has 0 fully saturated rings. The van der Waals surface area contributed by atoms with Crippen molar-refractivity contribution in [2.45, 2.75) is 11.1 Å². The summed E-state index contributed by atoms with van der Waals surface area (Å²) in [5, 5.41) is 2.19. The van der Waals surface area contributed by atoms with Crippen LogP contribution in [0.2, 0.25) is 5.02 Å². The van der Waals surface area contributed by atoms with Crippen molar-refractivity contribution in [2.75, 3.05) is 19.4 Å². The van der Waals surface area contributed by atoms with Crippen LogP contribution in [0, 0.1) is 0 Å². The van der Waals surface area contributed by atoms with E-state index in [0.29, 0.717) is 6.07 Å². The summed E-state index contributed by atoms with van der Waals surface area (Å²) < 4.78 is 63.6. The first-order valence-corrected chi connectivity index (χ1v) is 8.95. The molecule has 0 bridgehead atoms. The molecule has 0 saturated heterocycles. The first-order valence-electron chi connectivity index (χ1n) is 7.13. The normalized spacial score (nSPS) is 12.3. The smallest absolute Gasteiger partial charge is 0.321 e. The van der Waals surface area contributed by atoms with Crippen molar-refractivity contribution in [3.05, 3.63) is 58.6 Å². The Morgan fingerprint density at radius 2 is 1.77 bits per heavy atom. The summed E-state index contributed by atoms with van der Waals surface area (Å²) >= 11 is 5.84. The Labute approximate surface area is 153 Å². The minimum Gasteiger partial charge on any atom is -0.321 e. The Hall–Kier alpha value is -2.10. The zero-order valence-electron chi connectivity index (χ0n) is 13.6. The Morgan fingerprint density at radius 1 is 1.12 bits per heavy atom. The lowest BCUT2D eigenvalue weighted by molar-refractivity contribution is -0.137. The number of benzene rings is 2. The minimum absolute atomic E-state index is 0.0404. The van der Waals surface area contributed by atoms with E-state index in [2.05, 4.69) is 5.32 Å². The zero-order valence-corrected chi connectivity index (χ0v) is 15.2. The molecule has 0 aliphatic carbocycles. The van der Waals surface area contributed by atoms with Gasteiger partial charge in [0.1, 0.15) is 0 Å². The van der Waals surface area contributed by atoms with Crippen LogP contribution in [0.25, 0.3) is 0 Å². The molecule has 0 unspecified atom stereocenters. The molecule has 0 atom stereocenters. The van der Waals surface area contributed by atoms with E-state index in [1.54, 1.807) is 0 Å². The molecular formula is C16H14ClF3N2O3S. The van der Waals surface area contributed by atoms with Crippen LogP contribution >= 0.6 is 11.6 Å². The van der Waals surface area contributed by atoms with Crippen molar-refractivity contribution >= 4 is 33.2 Å². The molecule has 140 valence electrons. The molecule has 0 aliphatic heterocycles. The molecule has 0 radical (unpaired) electrons. The zero-order chi connectivity index (χ0) is 19.7. The third-order valence-electron chi connectivity index (χ3n) is 3.42. The Morgan fingerprint density at radius 3 is 2.35 bits per heavy atom. The van der Waals surface area contributed by atoms with Gasteiger partial charge in [-0.05, 0) is 36.4 Å². The highest BCUT2D eigenvalue weighted by molar-refractivity contribution is 7.89. The predicted octanol–water partition coefficient (Wildman–Crippen LogP) is 3.86. The lowest BCUT2D eigenvalue weighted by Gasteiger charge is -2.13. The third-order valence-corrected chi connectivity index (χ3v) is 5.56. The van der Waals surface area contributed by atoms with Crippen molar-refractivity contribution in [1.82, 2.24) is 4.31 Å². The van der Waals surface area contributed by atoms with Gasteiger partial charge in [-0.2, -0.15) is 13.2 Å². The van der Waals surface area contributed by atoms with Gasteiger partial charge in [-0.3, -0.25) is 4.79 Å². The minimum atomic E-state index is -4.59. The van der Waals surface area contributed by atoms with Gasteiger partial charge >= 0.3 is 6.18 Å². The molecule has 1 amide bonds. The van der Waals surface area contributed by atoms with Crippen molar-refractivity contribution in [2.24, 2.45) is 0 Å². The molecule has 2 aromatic carbocycles. The summed E-state index contributed by atoms with van der Waals surface area (Å²) in [7, 11) is -1.09. The van der Waals surface area contributed by atoms with Gasteiger partial charge in [0.05, 0.1) is 21.2 Å². The second-order valence-electron chi connectivity index (χ2n) is 5.46. The van der Waals surface area contributed by atoms with Crippen LogP contribution in [-0.4, -0.2) is 32.7 Å². The quantitative estimate of drug-likeness (QED) is 0.838. The van der Waals surface area contributed by atoms with E-state index in [-0.39, 0.29) is 21.2 Å². The summed E-state index contributed by atoms with van der Waals surface area (Å²) in [6.07, 6.45) is -4.59. The van der Waals surface area contributed by atoms with Crippen molar-refractivity contribution in [3.63, 3.8) is 0 Å². The maximum Gasteiger partial charge on any atom is 0.416 e. The van der Waals surface area contributed by atoms with E-state index < -0.39 is 27.7 Å². The molecule has 2 rings (SSSR count). The maximum absolute atomic E-state index is 12.8. The third kappa shape index (κ3) is 4.35. The van der Waals surface area contributed by atoms with Gasteiger partial charge in [-0.25, -0.2) is 12.7 Å². The SMILES string of the molecule is CN(C)S(=O)(=O)c1cccc(C(=O)Nc2cc(C(F)(F)F)ccc2Cl)c1. The fourth-order valence-corrected chi connectivity index (χ4v) is 3.11. The molecule has 1 N–H and O–H groups in total. The molecule has 5 nitrogen and oxygen atoms in total. The number of rotatable bonds is 4. The molecule has 2 aromatic rings. The van der Waals surface area contributed by atoms with Crippen LogP contribution in [-0.2, 0) is 16.2 Å². The van der Waals surface area contributed by atoms with Gasteiger partial charge < -0.3 is 5.32 Å². The largest absolute Gasteiger partial charge is 0.416 e. The average molecular weight is 407 g/mol. The number of amides is 1. The van der Waals surface area contributed by atoms with E-state index in [1.807, 2.05) is 0 Å². The van der Waals surface area contributed by atoms with E-state index >= 15 is 0 Å². The highest BCUT2D eigenvalue weighted by Gasteiger charge is 2.31. The first-order chi connectivity index (χ1) is 11.9. The second-order valence-corrected chi connectivity index (χ2v) is 8.02. The molecule has 0 aromatic heterocycles. The number of hydrogen-bond donors (Lipinski definition) is 1. The molecule has 26 heavy (non-hydrogen) atoms. The maximum atomic E-state index is 12.8. The Balaban J connectivity index is 2.35. The van der Waals surface area contributed by atoms with Gasteiger partial charge in [0.15, 0.2) is 0 Å². The van der Waals surface area contributed by atoms with E-state index in [9.17, 15) is 26.4 Å². The predicted molar refractivity (Wildman–Crippen MR) is 91.7 cm³/mol. The van der Waals surface area contributed by atoms with E-state index in [0.717, 1.165) is 22.5 Å². The van der Waals surface area contributed by atoms with Gasteiger partial charge in [0.2, 0.25) is 10.0 Å². The van der Waals surface area contributed by atoms with Gasteiger partial charge in [-0.1, -0.05) is 17.7 Å². The molecule has 0 saturated carbocycles. The van der Waals surface area contributed by atoms with Crippen LogP contribution in [0.4, 0.5) is 18.9 Å². The van der Waals surface area contributed by atoms with Crippen molar-refractivity contribution in [3.8, 4) is 0 Å².